The van der Waals surface area contributed by atoms with Crippen LogP contribution < -0.4 is 5.43 Å². The second kappa shape index (κ2) is 10.3. The molecule has 0 fully saturated rings. The average molecular weight is 528 g/mol. The number of benzene rings is 3. The molecular weight excluding hydrogens is 508 g/mol. The summed E-state index contributed by atoms with van der Waals surface area (Å²) in [6.45, 7) is 2.50. The lowest BCUT2D eigenvalue weighted by Crippen LogP contribution is -2.21. The molecule has 162 valence electrons. The van der Waals surface area contributed by atoms with Crippen LogP contribution in [0.2, 0.25) is 5.02 Å². The number of rotatable bonds is 7. The Labute approximate surface area is 204 Å². The fourth-order valence-electron chi connectivity index (χ4n) is 3.15. The van der Waals surface area contributed by atoms with Gasteiger partial charge in [-0.05, 0) is 54.4 Å². The molecule has 32 heavy (non-hydrogen) atoms. The molecule has 4 rings (SSSR count). The maximum Gasteiger partial charge on any atom is 0.250 e. The predicted molar refractivity (Wildman–Crippen MR) is 136 cm³/mol. The maximum absolute atomic E-state index is 12.4. The Morgan fingerprint density at radius 3 is 2.56 bits per heavy atom. The van der Waals surface area contributed by atoms with Gasteiger partial charge in [0.2, 0.25) is 0 Å². The van der Waals surface area contributed by atoms with Crippen LogP contribution >= 0.6 is 39.3 Å². The molecule has 0 saturated carbocycles. The van der Waals surface area contributed by atoms with Gasteiger partial charge in [-0.25, -0.2) is 10.4 Å². The van der Waals surface area contributed by atoms with Crippen molar-refractivity contribution in [2.45, 2.75) is 18.6 Å². The van der Waals surface area contributed by atoms with Crippen molar-refractivity contribution in [1.82, 2.24) is 15.0 Å². The largest absolute Gasteiger partial charge is 0.314 e. The third kappa shape index (κ3) is 5.59. The number of hydrogen-bond donors (Lipinski definition) is 1. The van der Waals surface area contributed by atoms with Crippen molar-refractivity contribution >= 4 is 61.9 Å². The van der Waals surface area contributed by atoms with Gasteiger partial charge in [0.25, 0.3) is 5.91 Å². The van der Waals surface area contributed by atoms with E-state index in [1.54, 1.807) is 0 Å². The second-order valence-corrected chi connectivity index (χ2v) is 9.42. The number of halogens is 2. The number of carbonyl (C=O) groups is 1. The summed E-state index contributed by atoms with van der Waals surface area (Å²) in [7, 11) is 0. The van der Waals surface area contributed by atoms with Crippen molar-refractivity contribution < 1.29 is 4.79 Å². The summed E-state index contributed by atoms with van der Waals surface area (Å²) in [6.07, 6.45) is 0. The van der Waals surface area contributed by atoms with Crippen LogP contribution in [0.3, 0.4) is 0 Å². The number of imidazole rings is 1. The molecule has 3 aromatic carbocycles. The molecule has 0 unspecified atom stereocenters. The molecule has 0 saturated heterocycles. The Bertz CT molecular complexity index is 1270. The van der Waals surface area contributed by atoms with E-state index in [1.807, 2.05) is 79.7 Å². The Kier molecular flexibility index (Phi) is 7.29. The number of carbonyl (C=O) groups excluding carboxylic acids is 1. The predicted octanol–water partition coefficient (Wildman–Crippen LogP) is 6.13. The van der Waals surface area contributed by atoms with E-state index >= 15 is 0 Å². The smallest absolute Gasteiger partial charge is 0.250 e. The number of aromatic nitrogens is 2. The summed E-state index contributed by atoms with van der Waals surface area (Å²) in [5.74, 6) is 0.0256. The van der Waals surface area contributed by atoms with Crippen molar-refractivity contribution in [3.05, 3.63) is 93.4 Å². The highest BCUT2D eigenvalue weighted by molar-refractivity contribution is 9.10. The van der Waals surface area contributed by atoms with Gasteiger partial charge in [-0.2, -0.15) is 5.10 Å². The Hall–Kier alpha value is -2.61. The summed E-state index contributed by atoms with van der Waals surface area (Å²) in [5, 5.41) is 5.71. The van der Waals surface area contributed by atoms with Gasteiger partial charge in [0, 0.05) is 9.50 Å². The molecule has 0 aliphatic heterocycles. The first-order chi connectivity index (χ1) is 15.5. The van der Waals surface area contributed by atoms with Gasteiger partial charge < -0.3 is 4.57 Å². The van der Waals surface area contributed by atoms with E-state index in [2.05, 4.69) is 31.0 Å². The van der Waals surface area contributed by atoms with Gasteiger partial charge in [0.1, 0.15) is 0 Å². The molecule has 0 aliphatic rings. The van der Waals surface area contributed by atoms with Gasteiger partial charge in [-0.1, -0.05) is 75.7 Å². The molecule has 0 aliphatic carbocycles. The van der Waals surface area contributed by atoms with Crippen molar-refractivity contribution in [2.75, 3.05) is 5.75 Å². The minimum absolute atomic E-state index is 0.184. The van der Waals surface area contributed by atoms with Gasteiger partial charge in [0.15, 0.2) is 5.16 Å². The molecule has 1 N–H and O–H groups in total. The lowest BCUT2D eigenvalue weighted by molar-refractivity contribution is -0.118. The van der Waals surface area contributed by atoms with E-state index in [0.29, 0.717) is 11.6 Å². The first-order valence-electron chi connectivity index (χ1n) is 9.91. The molecule has 0 spiro atoms. The Morgan fingerprint density at radius 2 is 1.81 bits per heavy atom. The van der Waals surface area contributed by atoms with Crippen LogP contribution in [0.5, 0.6) is 0 Å². The van der Waals surface area contributed by atoms with Crippen molar-refractivity contribution in [2.24, 2.45) is 5.10 Å². The van der Waals surface area contributed by atoms with Crippen LogP contribution in [-0.4, -0.2) is 26.9 Å². The molecule has 1 aromatic heterocycles. The minimum Gasteiger partial charge on any atom is -0.314 e. The normalized spacial score (nSPS) is 11.7. The van der Waals surface area contributed by atoms with Crippen LogP contribution in [0.15, 0.2) is 87.5 Å². The van der Waals surface area contributed by atoms with Gasteiger partial charge >= 0.3 is 0 Å². The molecule has 4 aromatic rings. The van der Waals surface area contributed by atoms with Crippen molar-refractivity contribution in [1.29, 1.82) is 0 Å². The molecule has 8 heteroatoms. The van der Waals surface area contributed by atoms with Crippen LogP contribution in [0.1, 0.15) is 18.1 Å². The molecule has 0 atom stereocenters. The zero-order valence-electron chi connectivity index (χ0n) is 17.3. The molecular formula is C24H20BrClN4OS. The number of para-hydroxylation sites is 2. The standard InChI is InChI=1S/C24H20BrClN4OS/c1-16(18-8-10-19(25)11-9-18)28-29-23(31)15-32-24-27-21-4-2-3-5-22(21)30(24)14-17-6-12-20(26)13-7-17/h2-13H,14-15H2,1H3,(H,29,31)/b28-16-. The monoisotopic (exact) mass is 526 g/mol. The van der Waals surface area contributed by atoms with Gasteiger partial charge in [0.05, 0.1) is 29.0 Å². The number of nitrogens with zero attached hydrogens (tertiary/aromatic N) is 3. The van der Waals surface area contributed by atoms with Crippen molar-refractivity contribution in [3.8, 4) is 0 Å². The Balaban J connectivity index is 1.46. The topological polar surface area (TPSA) is 59.3 Å². The lowest BCUT2D eigenvalue weighted by atomic mass is 10.1. The molecule has 5 nitrogen and oxygen atoms in total. The number of nitrogens with one attached hydrogen (secondary N) is 1. The van der Waals surface area contributed by atoms with E-state index in [1.165, 1.54) is 11.8 Å². The maximum atomic E-state index is 12.4. The fraction of sp³-hybridized carbons (Fsp3) is 0.125. The van der Waals surface area contributed by atoms with E-state index in [-0.39, 0.29) is 11.7 Å². The number of thioether (sulfide) groups is 1. The molecule has 1 heterocycles. The van der Waals surface area contributed by atoms with E-state index in [0.717, 1.165) is 37.5 Å². The third-order valence-electron chi connectivity index (χ3n) is 4.82. The summed E-state index contributed by atoms with van der Waals surface area (Å²) >= 11 is 10.8. The quantitative estimate of drug-likeness (QED) is 0.179. The average Bonchev–Trinajstić information content (AvgIpc) is 3.15. The molecule has 0 bridgehead atoms. The van der Waals surface area contributed by atoms with Crippen LogP contribution in [0.25, 0.3) is 11.0 Å². The van der Waals surface area contributed by atoms with E-state index < -0.39 is 0 Å². The first-order valence-corrected chi connectivity index (χ1v) is 12.1. The highest BCUT2D eigenvalue weighted by atomic mass is 79.9. The van der Waals surface area contributed by atoms with Gasteiger partial charge in [-0.15, -0.1) is 0 Å². The highest BCUT2D eigenvalue weighted by Gasteiger charge is 2.13. The zero-order valence-corrected chi connectivity index (χ0v) is 20.4. The number of hydrazone groups is 1. The summed E-state index contributed by atoms with van der Waals surface area (Å²) in [5.41, 5.74) is 7.36. The number of hydrogen-bond acceptors (Lipinski definition) is 4. The zero-order chi connectivity index (χ0) is 22.5. The summed E-state index contributed by atoms with van der Waals surface area (Å²) < 4.78 is 3.11. The van der Waals surface area contributed by atoms with Gasteiger partial charge in [-0.3, -0.25) is 4.79 Å². The van der Waals surface area contributed by atoms with Crippen molar-refractivity contribution in [3.63, 3.8) is 0 Å². The number of amides is 1. The van der Waals surface area contributed by atoms with Crippen LogP contribution in [0, 0.1) is 0 Å². The Morgan fingerprint density at radius 1 is 1.09 bits per heavy atom. The highest BCUT2D eigenvalue weighted by Crippen LogP contribution is 2.25. The van der Waals surface area contributed by atoms with E-state index in [9.17, 15) is 4.79 Å². The minimum atomic E-state index is -0.184. The molecule has 0 radical (unpaired) electrons. The van der Waals surface area contributed by atoms with Crippen LogP contribution in [0.4, 0.5) is 0 Å². The summed E-state index contributed by atoms with van der Waals surface area (Å²) in [4.78, 5) is 17.2. The molecule has 1 amide bonds. The SMILES string of the molecule is C/C(=N/NC(=O)CSc1nc2ccccc2n1Cc1ccc(Cl)cc1)c1ccc(Br)cc1. The number of fused-ring (bicyclic) bond motifs is 1. The van der Waals surface area contributed by atoms with E-state index in [4.69, 9.17) is 16.6 Å². The lowest BCUT2D eigenvalue weighted by Gasteiger charge is -2.09. The first kappa shape index (κ1) is 22.6. The summed E-state index contributed by atoms with van der Waals surface area (Å²) in [6, 6.07) is 23.5. The third-order valence-corrected chi connectivity index (χ3v) is 6.57. The second-order valence-electron chi connectivity index (χ2n) is 7.12. The van der Waals surface area contributed by atoms with Crippen LogP contribution in [-0.2, 0) is 11.3 Å². The fourth-order valence-corrected chi connectivity index (χ4v) is 4.35.